The summed E-state index contributed by atoms with van der Waals surface area (Å²) in [5, 5.41) is 0.399. The van der Waals surface area contributed by atoms with E-state index in [1.165, 1.54) is 29.8 Å². The van der Waals surface area contributed by atoms with E-state index in [1.807, 2.05) is 0 Å². The Labute approximate surface area is 114 Å². The van der Waals surface area contributed by atoms with E-state index in [1.54, 1.807) is 6.07 Å². The van der Waals surface area contributed by atoms with Gasteiger partial charge in [-0.3, -0.25) is 14.5 Å². The van der Waals surface area contributed by atoms with Gasteiger partial charge in [0.25, 0.3) is 0 Å². The minimum Gasteiger partial charge on any atom is -0.396 e. The first-order valence-corrected chi connectivity index (χ1v) is 6.61. The van der Waals surface area contributed by atoms with Gasteiger partial charge >= 0.3 is 0 Å². The highest BCUT2D eigenvalue weighted by Crippen LogP contribution is 2.31. The van der Waals surface area contributed by atoms with Gasteiger partial charge in [0.15, 0.2) is 10.9 Å². The zero-order valence-corrected chi connectivity index (χ0v) is 11.3. The molecule has 2 N–H and O–H groups in total. The third-order valence-corrected chi connectivity index (χ3v) is 3.73. The summed E-state index contributed by atoms with van der Waals surface area (Å²) in [4.78, 5) is 28.5. The molecular weight excluding hydrogens is 274 g/mol. The second-order valence-electron chi connectivity index (χ2n) is 4.01. The molecule has 18 heavy (non-hydrogen) atoms. The molecule has 1 amide bonds. The summed E-state index contributed by atoms with van der Waals surface area (Å²) in [6.07, 6.45) is 1.78. The maximum absolute atomic E-state index is 11.9. The third-order valence-electron chi connectivity index (χ3n) is 2.54. The maximum Gasteiger partial charge on any atom is 0.229 e. The van der Waals surface area contributed by atoms with E-state index >= 15 is 0 Å². The molecule has 1 aliphatic heterocycles. The molecule has 1 saturated heterocycles. The highest BCUT2D eigenvalue weighted by Gasteiger charge is 2.33. The quantitative estimate of drug-likeness (QED) is 0.895. The number of nitrogens with two attached hydrogens (primary N) is 1. The fourth-order valence-electron chi connectivity index (χ4n) is 1.87. The van der Waals surface area contributed by atoms with Gasteiger partial charge in [0.05, 0.1) is 10.7 Å². The van der Waals surface area contributed by atoms with Crippen molar-refractivity contribution >= 4 is 45.9 Å². The Kier molecular flexibility index (Phi) is 3.77. The van der Waals surface area contributed by atoms with Gasteiger partial charge in [0, 0.05) is 31.3 Å². The molecule has 1 unspecified atom stereocenters. The summed E-state index contributed by atoms with van der Waals surface area (Å²) in [6, 6.07) is 1.56. The number of carbonyl (C=O) groups excluding carboxylic acids is 2. The molecule has 7 heteroatoms. The van der Waals surface area contributed by atoms with Crippen molar-refractivity contribution in [2.75, 3.05) is 17.2 Å². The van der Waals surface area contributed by atoms with Gasteiger partial charge in [-0.25, -0.2) is 4.98 Å². The minimum atomic E-state index is -0.0738. The zero-order chi connectivity index (χ0) is 13.3. The van der Waals surface area contributed by atoms with Crippen molar-refractivity contribution in [3.05, 3.63) is 17.3 Å². The van der Waals surface area contributed by atoms with E-state index in [-0.39, 0.29) is 16.3 Å². The van der Waals surface area contributed by atoms with Gasteiger partial charge in [-0.1, -0.05) is 23.4 Å². The number of hydrogen-bond acceptors (Lipinski definition) is 5. The summed E-state index contributed by atoms with van der Waals surface area (Å²) < 4.78 is 0. The number of thioether (sulfide) groups is 1. The lowest BCUT2D eigenvalue weighted by Crippen LogP contribution is -2.26. The average molecular weight is 286 g/mol. The second kappa shape index (κ2) is 5.16. The molecule has 1 aromatic heterocycles. The molecule has 0 bridgehead atoms. The number of halogens is 1. The molecule has 96 valence electrons. The average Bonchev–Trinajstić information content (AvgIpc) is 2.58. The number of rotatable bonds is 2. The van der Waals surface area contributed by atoms with Crippen molar-refractivity contribution < 1.29 is 9.59 Å². The van der Waals surface area contributed by atoms with Crippen LogP contribution in [-0.2, 0) is 9.59 Å². The molecule has 1 aromatic rings. The molecule has 0 aromatic carbocycles. The van der Waals surface area contributed by atoms with Crippen LogP contribution in [0.25, 0.3) is 0 Å². The standard InChI is InChI=1S/C11H12ClN3O2S/c1-6(16)18-8-3-10(17)15(5-8)11-9(13)2-7(12)4-14-11/h2,4,8H,3,5,13H2,1H3. The Morgan fingerprint density at radius 2 is 2.39 bits per heavy atom. The maximum atomic E-state index is 11.9. The SMILES string of the molecule is CC(=O)SC1CC(=O)N(c2ncc(Cl)cc2N)C1. The number of pyridine rings is 1. The van der Waals surface area contributed by atoms with Crippen LogP contribution in [0.15, 0.2) is 12.3 Å². The van der Waals surface area contributed by atoms with Gasteiger partial charge < -0.3 is 5.73 Å². The van der Waals surface area contributed by atoms with Crippen LogP contribution in [0.3, 0.4) is 0 Å². The van der Waals surface area contributed by atoms with Crippen LogP contribution in [0.2, 0.25) is 5.02 Å². The van der Waals surface area contributed by atoms with Gasteiger partial charge in [-0.05, 0) is 6.07 Å². The Hall–Kier alpha value is -1.27. The number of amides is 1. The summed E-state index contributed by atoms with van der Waals surface area (Å²) in [6.45, 7) is 1.94. The van der Waals surface area contributed by atoms with E-state index in [0.717, 1.165) is 0 Å². The summed E-state index contributed by atoms with van der Waals surface area (Å²) >= 11 is 6.94. The fourth-order valence-corrected chi connectivity index (χ4v) is 2.95. The van der Waals surface area contributed by atoms with Crippen molar-refractivity contribution in [2.24, 2.45) is 0 Å². The fraction of sp³-hybridized carbons (Fsp3) is 0.364. The van der Waals surface area contributed by atoms with Gasteiger partial charge in [0.1, 0.15) is 0 Å². The summed E-state index contributed by atoms with van der Waals surface area (Å²) in [7, 11) is 0. The lowest BCUT2D eigenvalue weighted by molar-refractivity contribution is -0.117. The normalized spacial score (nSPS) is 19.3. The highest BCUT2D eigenvalue weighted by molar-refractivity contribution is 8.14. The van der Waals surface area contributed by atoms with Crippen LogP contribution in [0.5, 0.6) is 0 Å². The van der Waals surface area contributed by atoms with E-state index in [9.17, 15) is 9.59 Å². The van der Waals surface area contributed by atoms with Crippen LogP contribution in [-0.4, -0.2) is 27.8 Å². The molecule has 1 atom stereocenters. The van der Waals surface area contributed by atoms with Crippen LogP contribution < -0.4 is 10.6 Å². The molecule has 1 fully saturated rings. The first-order valence-electron chi connectivity index (χ1n) is 5.36. The summed E-state index contributed by atoms with van der Waals surface area (Å²) in [5.74, 6) is 0.339. The Morgan fingerprint density at radius 3 is 3.00 bits per heavy atom. The number of nitrogen functional groups attached to an aromatic ring is 1. The molecular formula is C11H12ClN3O2S. The van der Waals surface area contributed by atoms with Crippen molar-refractivity contribution in [3.63, 3.8) is 0 Å². The van der Waals surface area contributed by atoms with Crippen molar-refractivity contribution in [1.82, 2.24) is 4.98 Å². The lowest BCUT2D eigenvalue weighted by atomic mass is 10.3. The Balaban J connectivity index is 2.19. The van der Waals surface area contributed by atoms with Crippen LogP contribution in [0, 0.1) is 0 Å². The predicted octanol–water partition coefficient (Wildman–Crippen LogP) is 1.70. The number of hydrogen-bond donors (Lipinski definition) is 1. The van der Waals surface area contributed by atoms with Gasteiger partial charge in [0.2, 0.25) is 5.91 Å². The van der Waals surface area contributed by atoms with E-state index in [4.69, 9.17) is 17.3 Å². The molecule has 0 aliphatic carbocycles. The third kappa shape index (κ3) is 2.76. The molecule has 2 rings (SSSR count). The number of nitrogens with zero attached hydrogens (tertiary/aromatic N) is 2. The smallest absolute Gasteiger partial charge is 0.229 e. The molecule has 5 nitrogen and oxygen atoms in total. The monoisotopic (exact) mass is 285 g/mol. The Morgan fingerprint density at radius 1 is 1.67 bits per heavy atom. The molecule has 0 radical (unpaired) electrons. The summed E-state index contributed by atoms with van der Waals surface area (Å²) in [5.41, 5.74) is 6.16. The highest BCUT2D eigenvalue weighted by atomic mass is 35.5. The molecule has 0 saturated carbocycles. The van der Waals surface area contributed by atoms with Crippen LogP contribution >= 0.6 is 23.4 Å². The van der Waals surface area contributed by atoms with Gasteiger partial charge in [-0.2, -0.15) is 0 Å². The van der Waals surface area contributed by atoms with Crippen LogP contribution in [0.4, 0.5) is 11.5 Å². The number of anilines is 2. The first kappa shape index (κ1) is 13.2. The minimum absolute atomic E-state index is 0.00619. The number of carbonyl (C=O) groups is 2. The predicted molar refractivity (Wildman–Crippen MR) is 72.7 cm³/mol. The molecule has 0 spiro atoms. The van der Waals surface area contributed by atoms with Crippen LogP contribution in [0.1, 0.15) is 13.3 Å². The second-order valence-corrected chi connectivity index (χ2v) is 5.92. The molecule has 1 aliphatic rings. The van der Waals surface area contributed by atoms with Crippen molar-refractivity contribution in [2.45, 2.75) is 18.6 Å². The Bertz CT molecular complexity index is 509. The lowest BCUT2D eigenvalue weighted by Gasteiger charge is -2.17. The van der Waals surface area contributed by atoms with E-state index < -0.39 is 0 Å². The molecule has 2 heterocycles. The first-order chi connectivity index (χ1) is 8.47. The van der Waals surface area contributed by atoms with Crippen molar-refractivity contribution in [1.29, 1.82) is 0 Å². The zero-order valence-electron chi connectivity index (χ0n) is 9.72. The van der Waals surface area contributed by atoms with Gasteiger partial charge in [-0.15, -0.1) is 0 Å². The van der Waals surface area contributed by atoms with E-state index in [2.05, 4.69) is 4.98 Å². The number of aromatic nitrogens is 1. The van der Waals surface area contributed by atoms with E-state index in [0.29, 0.717) is 29.5 Å². The topological polar surface area (TPSA) is 76.3 Å². The largest absolute Gasteiger partial charge is 0.396 e. The van der Waals surface area contributed by atoms with Crippen molar-refractivity contribution in [3.8, 4) is 0 Å².